The molecule has 1 heterocycles. The standard InChI is InChI=1S/C9H18N2O.ClH/c1-2-3-6-11-9(12)8-5-4-7-10-8;/h8,10H,2-7H2,1H3,(H,11,12);1H/t8-;/m0./s1. The number of amides is 1. The Labute approximate surface area is 86.1 Å². The lowest BCUT2D eigenvalue weighted by Crippen LogP contribution is -2.40. The predicted molar refractivity (Wildman–Crippen MR) is 56.2 cm³/mol. The number of hydrogen-bond donors (Lipinski definition) is 2. The van der Waals surface area contributed by atoms with Crippen LogP contribution in [0.3, 0.4) is 0 Å². The lowest BCUT2D eigenvalue weighted by Gasteiger charge is -2.09. The van der Waals surface area contributed by atoms with Gasteiger partial charge in [-0.2, -0.15) is 0 Å². The van der Waals surface area contributed by atoms with Crippen LogP contribution in [0.25, 0.3) is 0 Å². The molecule has 3 nitrogen and oxygen atoms in total. The number of rotatable bonds is 4. The first-order valence-electron chi connectivity index (χ1n) is 4.85. The molecule has 1 amide bonds. The molecule has 13 heavy (non-hydrogen) atoms. The lowest BCUT2D eigenvalue weighted by atomic mass is 10.2. The maximum atomic E-state index is 11.3. The second-order valence-electron chi connectivity index (χ2n) is 3.29. The average Bonchev–Trinajstić information content (AvgIpc) is 2.56. The van der Waals surface area contributed by atoms with Crippen LogP contribution in [0.4, 0.5) is 0 Å². The van der Waals surface area contributed by atoms with Crippen molar-refractivity contribution in [1.82, 2.24) is 10.6 Å². The van der Waals surface area contributed by atoms with Gasteiger partial charge in [0.25, 0.3) is 0 Å². The van der Waals surface area contributed by atoms with Gasteiger partial charge in [0.15, 0.2) is 0 Å². The van der Waals surface area contributed by atoms with Gasteiger partial charge in [0.2, 0.25) is 5.91 Å². The summed E-state index contributed by atoms with van der Waals surface area (Å²) in [6.45, 7) is 3.94. The van der Waals surface area contributed by atoms with E-state index in [1.54, 1.807) is 0 Å². The molecular weight excluding hydrogens is 188 g/mol. The molecule has 1 fully saturated rings. The molecule has 4 heteroatoms. The van der Waals surface area contributed by atoms with Gasteiger partial charge < -0.3 is 10.6 Å². The normalized spacial score (nSPS) is 20.8. The third-order valence-electron chi connectivity index (χ3n) is 2.21. The summed E-state index contributed by atoms with van der Waals surface area (Å²) in [7, 11) is 0. The van der Waals surface area contributed by atoms with Gasteiger partial charge in [-0.05, 0) is 25.8 Å². The van der Waals surface area contributed by atoms with Crippen LogP contribution in [0, 0.1) is 0 Å². The van der Waals surface area contributed by atoms with Crippen LogP contribution in [0.1, 0.15) is 32.6 Å². The molecule has 0 aromatic carbocycles. The molecule has 1 aliphatic heterocycles. The molecule has 1 saturated heterocycles. The van der Waals surface area contributed by atoms with Crippen molar-refractivity contribution < 1.29 is 4.79 Å². The highest BCUT2D eigenvalue weighted by molar-refractivity contribution is 5.85. The molecule has 0 radical (unpaired) electrons. The summed E-state index contributed by atoms with van der Waals surface area (Å²) in [6, 6.07) is 0.0851. The largest absolute Gasteiger partial charge is 0.355 e. The Kier molecular flexibility index (Phi) is 7.00. The van der Waals surface area contributed by atoms with Gasteiger partial charge in [0.1, 0.15) is 0 Å². The highest BCUT2D eigenvalue weighted by Crippen LogP contribution is 2.04. The summed E-state index contributed by atoms with van der Waals surface area (Å²) in [6.07, 6.45) is 4.35. The van der Waals surface area contributed by atoms with Crippen LogP contribution in [-0.2, 0) is 4.79 Å². The van der Waals surface area contributed by atoms with E-state index >= 15 is 0 Å². The summed E-state index contributed by atoms with van der Waals surface area (Å²) in [4.78, 5) is 11.3. The first-order valence-corrected chi connectivity index (χ1v) is 4.85. The SMILES string of the molecule is CCCCNC(=O)[C@@H]1CCCN1.Cl. The second kappa shape index (κ2) is 7.15. The number of nitrogens with one attached hydrogen (secondary N) is 2. The molecule has 1 aliphatic rings. The van der Waals surface area contributed by atoms with E-state index in [0.717, 1.165) is 38.8 Å². The first-order chi connectivity index (χ1) is 5.84. The van der Waals surface area contributed by atoms with E-state index in [1.807, 2.05) is 0 Å². The molecule has 0 unspecified atom stereocenters. The van der Waals surface area contributed by atoms with Gasteiger partial charge in [0, 0.05) is 6.54 Å². The molecule has 1 rings (SSSR count). The van der Waals surface area contributed by atoms with Crippen molar-refractivity contribution in [3.63, 3.8) is 0 Å². The Balaban J connectivity index is 0.00000144. The smallest absolute Gasteiger partial charge is 0.237 e. The minimum atomic E-state index is 0. The van der Waals surface area contributed by atoms with Crippen molar-refractivity contribution in [3.8, 4) is 0 Å². The topological polar surface area (TPSA) is 41.1 Å². The van der Waals surface area contributed by atoms with Crippen molar-refractivity contribution in [2.45, 2.75) is 38.6 Å². The fourth-order valence-corrected chi connectivity index (χ4v) is 1.42. The quantitative estimate of drug-likeness (QED) is 0.676. The molecular formula is C9H19ClN2O. The molecule has 0 aromatic heterocycles. The number of hydrogen-bond acceptors (Lipinski definition) is 2. The molecule has 0 spiro atoms. The van der Waals surface area contributed by atoms with Crippen molar-refractivity contribution in [2.75, 3.05) is 13.1 Å². The Hall–Kier alpha value is -0.280. The van der Waals surface area contributed by atoms with E-state index in [0.29, 0.717) is 0 Å². The van der Waals surface area contributed by atoms with Crippen molar-refractivity contribution in [1.29, 1.82) is 0 Å². The fourth-order valence-electron chi connectivity index (χ4n) is 1.42. The van der Waals surface area contributed by atoms with Crippen molar-refractivity contribution in [2.24, 2.45) is 0 Å². The highest BCUT2D eigenvalue weighted by Gasteiger charge is 2.20. The van der Waals surface area contributed by atoms with E-state index in [-0.39, 0.29) is 24.4 Å². The van der Waals surface area contributed by atoms with E-state index in [4.69, 9.17) is 0 Å². The van der Waals surface area contributed by atoms with Gasteiger partial charge in [-0.25, -0.2) is 0 Å². The maximum absolute atomic E-state index is 11.3. The minimum Gasteiger partial charge on any atom is -0.355 e. The van der Waals surface area contributed by atoms with Crippen LogP contribution >= 0.6 is 12.4 Å². The van der Waals surface area contributed by atoms with Gasteiger partial charge in [-0.1, -0.05) is 13.3 Å². The molecule has 0 aliphatic carbocycles. The summed E-state index contributed by atoms with van der Waals surface area (Å²) in [5.41, 5.74) is 0. The van der Waals surface area contributed by atoms with Gasteiger partial charge in [-0.3, -0.25) is 4.79 Å². The summed E-state index contributed by atoms with van der Waals surface area (Å²) < 4.78 is 0. The molecule has 0 aromatic rings. The molecule has 0 bridgehead atoms. The fraction of sp³-hybridized carbons (Fsp3) is 0.889. The van der Waals surface area contributed by atoms with Crippen LogP contribution < -0.4 is 10.6 Å². The average molecular weight is 207 g/mol. The van der Waals surface area contributed by atoms with E-state index < -0.39 is 0 Å². The predicted octanol–water partition coefficient (Wildman–Crippen LogP) is 1.08. The maximum Gasteiger partial charge on any atom is 0.237 e. The zero-order valence-electron chi connectivity index (χ0n) is 8.14. The monoisotopic (exact) mass is 206 g/mol. The number of halogens is 1. The lowest BCUT2D eigenvalue weighted by molar-refractivity contribution is -0.122. The molecule has 1 atom stereocenters. The third-order valence-corrected chi connectivity index (χ3v) is 2.21. The number of carbonyl (C=O) groups is 1. The number of unbranched alkanes of at least 4 members (excludes halogenated alkanes) is 1. The van der Waals surface area contributed by atoms with Crippen molar-refractivity contribution >= 4 is 18.3 Å². The Bertz CT molecular complexity index is 147. The summed E-state index contributed by atoms with van der Waals surface area (Å²) >= 11 is 0. The van der Waals surface area contributed by atoms with Gasteiger partial charge in [0.05, 0.1) is 6.04 Å². The highest BCUT2D eigenvalue weighted by atomic mass is 35.5. The Morgan fingerprint density at radius 2 is 2.38 bits per heavy atom. The van der Waals surface area contributed by atoms with Crippen LogP contribution in [0.2, 0.25) is 0 Å². The van der Waals surface area contributed by atoms with E-state index in [9.17, 15) is 4.79 Å². The van der Waals surface area contributed by atoms with Crippen molar-refractivity contribution in [3.05, 3.63) is 0 Å². The summed E-state index contributed by atoms with van der Waals surface area (Å²) in [5, 5.41) is 6.10. The Morgan fingerprint density at radius 1 is 1.62 bits per heavy atom. The van der Waals surface area contributed by atoms with Crippen LogP contribution in [0.15, 0.2) is 0 Å². The minimum absolute atomic E-state index is 0. The first kappa shape index (κ1) is 12.7. The van der Waals surface area contributed by atoms with E-state index in [1.165, 1.54) is 0 Å². The molecule has 2 N–H and O–H groups in total. The summed E-state index contributed by atoms with van der Waals surface area (Å²) in [5.74, 6) is 0.181. The van der Waals surface area contributed by atoms with E-state index in [2.05, 4.69) is 17.6 Å². The molecule has 0 saturated carbocycles. The van der Waals surface area contributed by atoms with Gasteiger partial charge >= 0.3 is 0 Å². The Morgan fingerprint density at radius 3 is 2.92 bits per heavy atom. The molecule has 78 valence electrons. The third kappa shape index (κ3) is 4.48. The number of carbonyl (C=O) groups excluding carboxylic acids is 1. The van der Waals surface area contributed by atoms with Gasteiger partial charge in [-0.15, -0.1) is 12.4 Å². The van der Waals surface area contributed by atoms with Crippen LogP contribution in [0.5, 0.6) is 0 Å². The zero-order chi connectivity index (χ0) is 8.81. The second-order valence-corrected chi connectivity index (χ2v) is 3.29. The van der Waals surface area contributed by atoms with Crippen LogP contribution in [-0.4, -0.2) is 25.0 Å². The zero-order valence-corrected chi connectivity index (χ0v) is 8.95.